The molecular weight excluding hydrogens is 230 g/mol. The zero-order valence-electron chi connectivity index (χ0n) is 9.93. The highest BCUT2D eigenvalue weighted by atomic mass is 32.1. The number of hydrogen-bond donors (Lipinski definition) is 1. The number of thiophene rings is 1. The van der Waals surface area contributed by atoms with Gasteiger partial charge in [-0.15, -0.1) is 11.3 Å². The monoisotopic (exact) mass is 247 g/mol. The maximum Gasteiger partial charge on any atom is 0.0717 e. The molecule has 17 heavy (non-hydrogen) atoms. The normalized spacial score (nSPS) is 12.5. The number of ether oxygens (including phenoxy) is 1. The van der Waals surface area contributed by atoms with Crippen LogP contribution >= 0.6 is 11.3 Å². The summed E-state index contributed by atoms with van der Waals surface area (Å²) >= 11 is 1.76. The fourth-order valence-corrected chi connectivity index (χ4v) is 2.49. The molecule has 0 radical (unpaired) electrons. The molecule has 0 saturated heterocycles. The van der Waals surface area contributed by atoms with E-state index in [0.717, 1.165) is 0 Å². The summed E-state index contributed by atoms with van der Waals surface area (Å²) in [6, 6.07) is 14.8. The van der Waals surface area contributed by atoms with Crippen LogP contribution in [0.25, 0.3) is 0 Å². The lowest BCUT2D eigenvalue weighted by Gasteiger charge is -2.14. The lowest BCUT2D eigenvalue weighted by molar-refractivity contribution is 0.101. The molecule has 2 rings (SSSR count). The average molecular weight is 247 g/mol. The van der Waals surface area contributed by atoms with Crippen LogP contribution in [0.3, 0.4) is 0 Å². The predicted molar refractivity (Wildman–Crippen MR) is 72.2 cm³/mol. The zero-order valence-corrected chi connectivity index (χ0v) is 10.7. The Balaban J connectivity index is 1.81. The van der Waals surface area contributed by atoms with Crippen LogP contribution < -0.4 is 5.32 Å². The summed E-state index contributed by atoms with van der Waals surface area (Å²) in [6.07, 6.45) is 0. The van der Waals surface area contributed by atoms with Gasteiger partial charge in [-0.25, -0.2) is 0 Å². The SMILES string of the molecule is CNC(COCc1ccccc1)c1cccs1. The van der Waals surface area contributed by atoms with E-state index in [1.807, 2.05) is 25.2 Å². The van der Waals surface area contributed by atoms with E-state index in [1.165, 1.54) is 10.4 Å². The molecule has 0 aliphatic rings. The van der Waals surface area contributed by atoms with E-state index >= 15 is 0 Å². The van der Waals surface area contributed by atoms with Crippen LogP contribution in [0.2, 0.25) is 0 Å². The molecule has 0 saturated carbocycles. The van der Waals surface area contributed by atoms with Crippen molar-refractivity contribution in [3.63, 3.8) is 0 Å². The molecule has 2 nitrogen and oxygen atoms in total. The van der Waals surface area contributed by atoms with Crippen molar-refractivity contribution in [2.75, 3.05) is 13.7 Å². The third-order valence-corrected chi connectivity index (χ3v) is 3.62. The fourth-order valence-electron chi connectivity index (χ4n) is 1.67. The van der Waals surface area contributed by atoms with Gasteiger partial charge in [0.1, 0.15) is 0 Å². The maximum atomic E-state index is 5.74. The topological polar surface area (TPSA) is 21.3 Å². The molecule has 0 fully saturated rings. The summed E-state index contributed by atoms with van der Waals surface area (Å²) in [4.78, 5) is 1.32. The summed E-state index contributed by atoms with van der Waals surface area (Å²) < 4.78 is 5.74. The fraction of sp³-hybridized carbons (Fsp3) is 0.286. The minimum Gasteiger partial charge on any atom is -0.375 e. The van der Waals surface area contributed by atoms with Crippen molar-refractivity contribution in [2.24, 2.45) is 0 Å². The molecule has 0 aliphatic carbocycles. The van der Waals surface area contributed by atoms with Crippen LogP contribution in [0.1, 0.15) is 16.5 Å². The summed E-state index contributed by atoms with van der Waals surface area (Å²) in [7, 11) is 1.97. The summed E-state index contributed by atoms with van der Waals surface area (Å²) in [5, 5.41) is 5.37. The largest absolute Gasteiger partial charge is 0.375 e. The minimum atomic E-state index is 0.290. The Bertz CT molecular complexity index is 413. The van der Waals surface area contributed by atoms with E-state index in [2.05, 4.69) is 35.0 Å². The molecule has 0 aliphatic heterocycles. The first kappa shape index (κ1) is 12.3. The molecule has 1 aromatic carbocycles. The van der Waals surface area contributed by atoms with Crippen LogP contribution in [0.5, 0.6) is 0 Å². The van der Waals surface area contributed by atoms with Gasteiger partial charge in [0.25, 0.3) is 0 Å². The molecule has 0 spiro atoms. The first-order valence-electron chi connectivity index (χ1n) is 5.72. The number of likely N-dealkylation sites (N-methyl/N-ethyl adjacent to an activating group) is 1. The molecule has 1 atom stereocenters. The summed E-state index contributed by atoms with van der Waals surface area (Å²) in [5.74, 6) is 0. The van der Waals surface area contributed by atoms with Crippen LogP contribution in [0, 0.1) is 0 Å². The number of hydrogen-bond acceptors (Lipinski definition) is 3. The molecule has 1 unspecified atom stereocenters. The number of rotatable bonds is 6. The molecule has 1 aromatic heterocycles. The predicted octanol–water partition coefficient (Wildman–Crippen LogP) is 3.23. The average Bonchev–Trinajstić information content (AvgIpc) is 2.90. The van der Waals surface area contributed by atoms with Crippen molar-refractivity contribution < 1.29 is 4.74 Å². The highest BCUT2D eigenvalue weighted by Gasteiger charge is 2.09. The van der Waals surface area contributed by atoms with E-state index in [9.17, 15) is 0 Å². The third kappa shape index (κ3) is 3.66. The Morgan fingerprint density at radius 1 is 1.18 bits per heavy atom. The number of benzene rings is 1. The van der Waals surface area contributed by atoms with Crippen molar-refractivity contribution in [2.45, 2.75) is 12.6 Å². The summed E-state index contributed by atoms with van der Waals surface area (Å²) in [5.41, 5.74) is 1.22. The Morgan fingerprint density at radius 3 is 2.65 bits per heavy atom. The van der Waals surface area contributed by atoms with Gasteiger partial charge in [-0.2, -0.15) is 0 Å². The van der Waals surface area contributed by atoms with Crippen LogP contribution in [0.15, 0.2) is 47.8 Å². The molecule has 1 heterocycles. The van der Waals surface area contributed by atoms with Gasteiger partial charge in [-0.1, -0.05) is 36.4 Å². The molecule has 1 N–H and O–H groups in total. The standard InChI is InChI=1S/C14H17NOS/c1-15-13(14-8-5-9-17-14)11-16-10-12-6-3-2-4-7-12/h2-9,13,15H,10-11H2,1H3. The van der Waals surface area contributed by atoms with Crippen molar-refractivity contribution in [1.82, 2.24) is 5.32 Å². The Morgan fingerprint density at radius 2 is 2.00 bits per heavy atom. The van der Waals surface area contributed by atoms with Crippen molar-refractivity contribution in [3.8, 4) is 0 Å². The Hall–Kier alpha value is -1.16. The lowest BCUT2D eigenvalue weighted by atomic mass is 10.2. The van der Waals surface area contributed by atoms with Crippen LogP contribution in [-0.4, -0.2) is 13.7 Å². The van der Waals surface area contributed by atoms with Gasteiger partial charge in [0.15, 0.2) is 0 Å². The van der Waals surface area contributed by atoms with Gasteiger partial charge in [0, 0.05) is 4.88 Å². The van der Waals surface area contributed by atoms with E-state index in [4.69, 9.17) is 4.74 Å². The van der Waals surface area contributed by atoms with Crippen LogP contribution in [0.4, 0.5) is 0 Å². The Kier molecular flexibility index (Phi) is 4.74. The second-order valence-electron chi connectivity index (χ2n) is 3.86. The smallest absolute Gasteiger partial charge is 0.0717 e. The minimum absolute atomic E-state index is 0.290. The second-order valence-corrected chi connectivity index (χ2v) is 4.84. The van der Waals surface area contributed by atoms with Crippen molar-refractivity contribution in [1.29, 1.82) is 0 Å². The van der Waals surface area contributed by atoms with Gasteiger partial charge >= 0.3 is 0 Å². The van der Waals surface area contributed by atoms with Gasteiger partial charge in [0.2, 0.25) is 0 Å². The van der Waals surface area contributed by atoms with Crippen molar-refractivity contribution in [3.05, 3.63) is 58.3 Å². The van der Waals surface area contributed by atoms with Gasteiger partial charge in [0.05, 0.1) is 19.3 Å². The van der Waals surface area contributed by atoms with Crippen molar-refractivity contribution >= 4 is 11.3 Å². The zero-order chi connectivity index (χ0) is 11.9. The third-order valence-electron chi connectivity index (χ3n) is 2.63. The highest BCUT2D eigenvalue weighted by molar-refractivity contribution is 7.10. The molecule has 2 aromatic rings. The van der Waals surface area contributed by atoms with Gasteiger partial charge in [-0.3, -0.25) is 0 Å². The molecule has 3 heteroatoms. The second kappa shape index (κ2) is 6.55. The van der Waals surface area contributed by atoms with Gasteiger partial charge < -0.3 is 10.1 Å². The molecule has 0 bridgehead atoms. The quantitative estimate of drug-likeness (QED) is 0.846. The van der Waals surface area contributed by atoms with E-state index < -0.39 is 0 Å². The van der Waals surface area contributed by atoms with E-state index in [0.29, 0.717) is 19.3 Å². The molecular formula is C14H17NOS. The molecule has 0 amide bonds. The van der Waals surface area contributed by atoms with E-state index in [-0.39, 0.29) is 0 Å². The molecule has 90 valence electrons. The van der Waals surface area contributed by atoms with Crippen LogP contribution in [-0.2, 0) is 11.3 Å². The first-order chi connectivity index (χ1) is 8.40. The van der Waals surface area contributed by atoms with E-state index in [1.54, 1.807) is 11.3 Å². The number of nitrogens with one attached hydrogen (secondary N) is 1. The summed E-state index contributed by atoms with van der Waals surface area (Å²) in [6.45, 7) is 1.37. The van der Waals surface area contributed by atoms with Gasteiger partial charge in [-0.05, 0) is 24.1 Å². The Labute approximate surface area is 106 Å². The lowest BCUT2D eigenvalue weighted by Crippen LogP contribution is -2.20. The first-order valence-corrected chi connectivity index (χ1v) is 6.60. The maximum absolute atomic E-state index is 5.74. The highest BCUT2D eigenvalue weighted by Crippen LogP contribution is 2.19.